The van der Waals surface area contributed by atoms with Gasteiger partial charge in [0.05, 0.1) is 0 Å². The topological polar surface area (TPSA) is 22.3 Å². The van der Waals surface area contributed by atoms with Crippen molar-refractivity contribution in [1.29, 1.82) is 0 Å². The molecule has 14 heavy (non-hydrogen) atoms. The second-order valence-corrected chi connectivity index (χ2v) is 3.68. The summed E-state index contributed by atoms with van der Waals surface area (Å²) in [6.07, 6.45) is 0.944. The van der Waals surface area contributed by atoms with Crippen LogP contribution in [0.25, 0.3) is 16.9 Å². The molecular weight excluding hydrogens is 170 g/mol. The number of fused-ring (bicyclic) bond motifs is 3. The van der Waals surface area contributed by atoms with E-state index in [-0.39, 0.29) is 0 Å². The Morgan fingerprint density at radius 3 is 2.57 bits per heavy atom. The molecule has 0 spiro atoms. The Morgan fingerprint density at radius 2 is 1.64 bits per heavy atom. The SMILES string of the molecule is [N-]c1ccc2c(c1)Cc1ccccc1-2. The van der Waals surface area contributed by atoms with E-state index in [1.165, 1.54) is 22.3 Å². The van der Waals surface area contributed by atoms with Gasteiger partial charge in [-0.1, -0.05) is 42.5 Å². The largest absolute Gasteiger partial charge is 0.804 e. The Bertz CT molecular complexity index is 500. The number of hydrogen-bond donors (Lipinski definition) is 0. The lowest BCUT2D eigenvalue weighted by atomic mass is 10.1. The van der Waals surface area contributed by atoms with Crippen molar-refractivity contribution in [2.24, 2.45) is 0 Å². The van der Waals surface area contributed by atoms with Crippen LogP contribution < -0.4 is 0 Å². The average Bonchev–Trinajstić information content (AvgIpc) is 2.54. The number of nitrogens with zero attached hydrogens (tertiary/aromatic N) is 1. The van der Waals surface area contributed by atoms with Crippen LogP contribution in [0.4, 0.5) is 5.69 Å². The van der Waals surface area contributed by atoms with Crippen LogP contribution in [0, 0.1) is 0 Å². The van der Waals surface area contributed by atoms with Crippen molar-refractivity contribution in [2.75, 3.05) is 0 Å². The van der Waals surface area contributed by atoms with Crippen molar-refractivity contribution >= 4 is 5.69 Å². The molecule has 0 saturated carbocycles. The predicted octanol–water partition coefficient (Wildman–Crippen LogP) is 3.73. The maximum absolute atomic E-state index is 9.38. The molecule has 2 aromatic rings. The standard InChI is InChI=1S/C13H9N/c14-11-5-6-13-10(8-11)7-9-3-1-2-4-12(9)13/h1-6,8H,7H2/q-1. The van der Waals surface area contributed by atoms with E-state index in [1.807, 2.05) is 12.1 Å². The molecule has 0 atom stereocenters. The number of hydrogen-bond acceptors (Lipinski definition) is 0. The second-order valence-electron chi connectivity index (χ2n) is 3.68. The van der Waals surface area contributed by atoms with Gasteiger partial charge in [-0.25, -0.2) is 0 Å². The molecule has 1 aliphatic carbocycles. The first-order chi connectivity index (χ1) is 6.84. The van der Waals surface area contributed by atoms with Gasteiger partial charge in [-0.05, 0) is 28.7 Å². The number of benzene rings is 2. The van der Waals surface area contributed by atoms with E-state index in [4.69, 9.17) is 0 Å². The molecule has 0 unspecified atom stereocenters. The molecule has 0 bridgehead atoms. The molecule has 0 heterocycles. The van der Waals surface area contributed by atoms with Gasteiger partial charge in [0.25, 0.3) is 0 Å². The van der Waals surface area contributed by atoms with E-state index in [1.54, 1.807) is 6.07 Å². The van der Waals surface area contributed by atoms with Crippen LogP contribution in [-0.4, -0.2) is 0 Å². The second kappa shape index (κ2) is 2.61. The Kier molecular flexibility index (Phi) is 1.42. The van der Waals surface area contributed by atoms with Crippen molar-refractivity contribution in [3.05, 3.63) is 59.3 Å². The molecule has 1 nitrogen and oxygen atoms in total. The Morgan fingerprint density at radius 1 is 0.857 bits per heavy atom. The lowest BCUT2D eigenvalue weighted by Gasteiger charge is -2.07. The maximum Gasteiger partial charge on any atom is -0.00139 e. The van der Waals surface area contributed by atoms with E-state index in [2.05, 4.69) is 24.3 Å². The molecule has 3 rings (SSSR count). The van der Waals surface area contributed by atoms with Gasteiger partial charge in [0.15, 0.2) is 0 Å². The van der Waals surface area contributed by atoms with E-state index in [9.17, 15) is 5.73 Å². The summed E-state index contributed by atoms with van der Waals surface area (Å²) in [7, 11) is 0. The minimum absolute atomic E-state index is 0.358. The van der Waals surface area contributed by atoms with Gasteiger partial charge in [0, 0.05) is 0 Å². The summed E-state index contributed by atoms with van der Waals surface area (Å²) in [5.41, 5.74) is 14.9. The van der Waals surface area contributed by atoms with Gasteiger partial charge in [0.2, 0.25) is 0 Å². The molecule has 67 valence electrons. The van der Waals surface area contributed by atoms with Crippen LogP contribution in [0.1, 0.15) is 11.1 Å². The van der Waals surface area contributed by atoms with Crippen molar-refractivity contribution in [2.45, 2.75) is 6.42 Å². The first-order valence-electron chi connectivity index (χ1n) is 4.75. The summed E-state index contributed by atoms with van der Waals surface area (Å²) >= 11 is 0. The van der Waals surface area contributed by atoms with Crippen LogP contribution in [0.15, 0.2) is 42.5 Å². The van der Waals surface area contributed by atoms with Crippen molar-refractivity contribution in [3.63, 3.8) is 0 Å². The van der Waals surface area contributed by atoms with Gasteiger partial charge in [0.1, 0.15) is 0 Å². The average molecular weight is 179 g/mol. The fraction of sp³-hybridized carbons (Fsp3) is 0.0769. The Balaban J connectivity index is 2.27. The first kappa shape index (κ1) is 7.63. The summed E-state index contributed by atoms with van der Waals surface area (Å²) in [4.78, 5) is 0. The van der Waals surface area contributed by atoms with Crippen LogP contribution in [-0.2, 0) is 6.42 Å². The zero-order valence-electron chi connectivity index (χ0n) is 7.70. The van der Waals surface area contributed by atoms with Crippen molar-refractivity contribution in [1.82, 2.24) is 0 Å². The third kappa shape index (κ3) is 0.956. The molecule has 1 aliphatic rings. The highest BCUT2D eigenvalue weighted by Gasteiger charge is 2.16. The van der Waals surface area contributed by atoms with E-state index in [0.29, 0.717) is 5.69 Å². The molecular formula is C13H9N-. The van der Waals surface area contributed by atoms with Crippen LogP contribution in [0.2, 0.25) is 0 Å². The summed E-state index contributed by atoms with van der Waals surface area (Å²) < 4.78 is 0. The summed E-state index contributed by atoms with van der Waals surface area (Å²) in [5, 5.41) is 0. The van der Waals surface area contributed by atoms with E-state index < -0.39 is 0 Å². The Hall–Kier alpha value is -1.76. The van der Waals surface area contributed by atoms with Crippen molar-refractivity contribution < 1.29 is 0 Å². The van der Waals surface area contributed by atoms with E-state index >= 15 is 0 Å². The molecule has 1 radical (unpaired) electrons. The quantitative estimate of drug-likeness (QED) is 0.501. The smallest absolute Gasteiger partial charge is 0.00139 e. The lowest BCUT2D eigenvalue weighted by molar-refractivity contribution is 1.27. The zero-order valence-corrected chi connectivity index (χ0v) is 7.70. The molecule has 0 N–H and O–H groups in total. The fourth-order valence-electron chi connectivity index (χ4n) is 2.13. The van der Waals surface area contributed by atoms with Gasteiger partial charge < -0.3 is 5.73 Å². The highest BCUT2D eigenvalue weighted by molar-refractivity contribution is 5.78. The van der Waals surface area contributed by atoms with Gasteiger partial charge in [-0.15, -0.1) is 0 Å². The molecule has 0 fully saturated rings. The minimum Gasteiger partial charge on any atom is -0.804 e. The zero-order chi connectivity index (χ0) is 9.54. The monoisotopic (exact) mass is 179 g/mol. The van der Waals surface area contributed by atoms with Gasteiger partial charge in [-0.2, -0.15) is 5.69 Å². The molecule has 2 aromatic carbocycles. The molecule has 0 aromatic heterocycles. The van der Waals surface area contributed by atoms with Crippen molar-refractivity contribution in [3.8, 4) is 11.1 Å². The minimum atomic E-state index is 0.358. The van der Waals surface area contributed by atoms with Gasteiger partial charge >= 0.3 is 0 Å². The summed E-state index contributed by atoms with van der Waals surface area (Å²) in [6, 6.07) is 14.0. The predicted molar refractivity (Wildman–Crippen MR) is 57.7 cm³/mol. The van der Waals surface area contributed by atoms with Crippen LogP contribution in [0.5, 0.6) is 0 Å². The molecule has 0 saturated heterocycles. The summed E-state index contributed by atoms with van der Waals surface area (Å²) in [5.74, 6) is 0. The third-order valence-corrected chi connectivity index (χ3v) is 2.78. The molecule has 0 amide bonds. The fourth-order valence-corrected chi connectivity index (χ4v) is 2.13. The summed E-state index contributed by atoms with van der Waals surface area (Å²) in [6.45, 7) is 0. The lowest BCUT2D eigenvalue weighted by Crippen LogP contribution is -1.77. The first-order valence-corrected chi connectivity index (χ1v) is 4.75. The molecule has 0 aliphatic heterocycles. The highest BCUT2D eigenvalue weighted by atomic mass is 14.5. The Labute approximate surface area is 83.2 Å². The normalized spacial score (nSPS) is 12.3. The highest BCUT2D eigenvalue weighted by Crippen LogP contribution is 2.37. The van der Waals surface area contributed by atoms with Crippen LogP contribution >= 0.6 is 0 Å². The van der Waals surface area contributed by atoms with Crippen LogP contribution in [0.3, 0.4) is 0 Å². The number of rotatable bonds is 0. The van der Waals surface area contributed by atoms with Gasteiger partial charge in [-0.3, -0.25) is 0 Å². The third-order valence-electron chi connectivity index (χ3n) is 2.78. The van der Waals surface area contributed by atoms with E-state index in [0.717, 1.165) is 6.42 Å². The molecule has 1 heteroatoms. The maximum atomic E-state index is 9.38.